The van der Waals surface area contributed by atoms with Gasteiger partial charge in [0.05, 0.1) is 11.7 Å². The Balaban J connectivity index is 1.39. The van der Waals surface area contributed by atoms with Gasteiger partial charge in [-0.05, 0) is 42.0 Å². The zero-order valence-electron chi connectivity index (χ0n) is 18.4. The fourth-order valence-corrected chi connectivity index (χ4v) is 3.84. The van der Waals surface area contributed by atoms with Crippen molar-refractivity contribution in [1.29, 1.82) is 0 Å². The lowest BCUT2D eigenvalue weighted by molar-refractivity contribution is 0.102. The maximum atomic E-state index is 13.3. The molecule has 0 aliphatic heterocycles. The molecule has 0 saturated carbocycles. The number of pyridine rings is 1. The van der Waals surface area contributed by atoms with Gasteiger partial charge in [-0.15, -0.1) is 0 Å². The zero-order valence-corrected chi connectivity index (χ0v) is 19.2. The number of benzene rings is 3. The standard InChI is InChI=1S/C28H19ClN4O2/c29-26-17-22(11-13-30-26)28(35)32-24-8-4-7-20(15-24)27(34)21-9-10-23-18-31-33(25(23)16-21)14-12-19-5-2-1-3-6-19/h1-18H,(H,32,35). The Morgan fingerprint density at radius 3 is 2.51 bits per heavy atom. The second kappa shape index (κ2) is 9.75. The molecule has 0 saturated heterocycles. The van der Waals surface area contributed by atoms with Gasteiger partial charge >= 0.3 is 0 Å². The van der Waals surface area contributed by atoms with Crippen molar-refractivity contribution in [2.24, 2.45) is 0 Å². The van der Waals surface area contributed by atoms with Crippen molar-refractivity contribution in [3.63, 3.8) is 0 Å². The molecule has 2 aromatic heterocycles. The minimum Gasteiger partial charge on any atom is -0.322 e. The Morgan fingerprint density at radius 1 is 0.857 bits per heavy atom. The monoisotopic (exact) mass is 478 g/mol. The van der Waals surface area contributed by atoms with Crippen molar-refractivity contribution in [3.05, 3.63) is 125 Å². The van der Waals surface area contributed by atoms with Crippen LogP contribution in [0.2, 0.25) is 5.15 Å². The molecule has 170 valence electrons. The van der Waals surface area contributed by atoms with Crippen LogP contribution in [0.15, 0.2) is 97.3 Å². The molecule has 7 heteroatoms. The third-order valence-corrected chi connectivity index (χ3v) is 5.65. The van der Waals surface area contributed by atoms with E-state index in [0.29, 0.717) is 22.4 Å². The molecular formula is C28H19ClN4O2. The summed E-state index contributed by atoms with van der Waals surface area (Å²) >= 11 is 5.88. The van der Waals surface area contributed by atoms with E-state index in [9.17, 15) is 9.59 Å². The number of halogens is 1. The quantitative estimate of drug-likeness (QED) is 0.233. The Morgan fingerprint density at radius 2 is 1.69 bits per heavy atom. The van der Waals surface area contributed by atoms with Crippen LogP contribution in [0.1, 0.15) is 31.8 Å². The normalized spacial score (nSPS) is 11.1. The SMILES string of the molecule is O=C(Nc1cccc(C(=O)c2ccc3cnn(C=Cc4ccccc4)c3c2)c1)c1ccnc(Cl)c1. The lowest BCUT2D eigenvalue weighted by atomic mass is 10.0. The first-order valence-electron chi connectivity index (χ1n) is 10.8. The molecule has 1 amide bonds. The maximum Gasteiger partial charge on any atom is 0.255 e. The van der Waals surface area contributed by atoms with Crippen LogP contribution in [-0.2, 0) is 0 Å². The highest BCUT2D eigenvalue weighted by Gasteiger charge is 2.13. The molecule has 0 atom stereocenters. The minimum atomic E-state index is -0.338. The number of ketones is 1. The predicted molar refractivity (Wildman–Crippen MR) is 138 cm³/mol. The van der Waals surface area contributed by atoms with Crippen molar-refractivity contribution in [3.8, 4) is 0 Å². The molecule has 0 bridgehead atoms. The molecule has 5 aromatic rings. The largest absolute Gasteiger partial charge is 0.322 e. The number of nitrogens with one attached hydrogen (secondary N) is 1. The number of hydrogen-bond donors (Lipinski definition) is 1. The van der Waals surface area contributed by atoms with Gasteiger partial charge < -0.3 is 5.32 Å². The highest BCUT2D eigenvalue weighted by Crippen LogP contribution is 2.21. The summed E-state index contributed by atoms with van der Waals surface area (Å²) in [5.41, 5.74) is 3.74. The summed E-state index contributed by atoms with van der Waals surface area (Å²) in [5.74, 6) is -0.496. The number of carbonyl (C=O) groups excluding carboxylic acids is 2. The Labute approximate surface area is 206 Å². The van der Waals surface area contributed by atoms with Crippen molar-refractivity contribution in [1.82, 2.24) is 14.8 Å². The van der Waals surface area contributed by atoms with Crippen LogP contribution in [0.3, 0.4) is 0 Å². The fraction of sp³-hybridized carbons (Fsp3) is 0. The second-order valence-corrected chi connectivity index (χ2v) is 8.21. The molecule has 0 aliphatic rings. The number of amides is 1. The average Bonchev–Trinajstić information content (AvgIpc) is 3.30. The molecule has 3 aromatic carbocycles. The van der Waals surface area contributed by atoms with E-state index < -0.39 is 0 Å². The molecule has 0 radical (unpaired) electrons. The van der Waals surface area contributed by atoms with Gasteiger partial charge in [0, 0.05) is 40.2 Å². The van der Waals surface area contributed by atoms with Gasteiger partial charge in [-0.2, -0.15) is 5.10 Å². The molecule has 0 unspecified atom stereocenters. The Hall–Kier alpha value is -4.55. The summed E-state index contributed by atoms with van der Waals surface area (Å²) in [6.45, 7) is 0. The van der Waals surface area contributed by atoms with Gasteiger partial charge in [0.1, 0.15) is 5.15 Å². The number of anilines is 1. The van der Waals surface area contributed by atoms with Crippen LogP contribution in [-0.4, -0.2) is 26.5 Å². The number of aromatic nitrogens is 3. The van der Waals surface area contributed by atoms with E-state index in [1.54, 1.807) is 47.3 Å². The van der Waals surface area contributed by atoms with E-state index in [2.05, 4.69) is 15.4 Å². The maximum absolute atomic E-state index is 13.3. The molecule has 5 rings (SSSR count). The highest BCUT2D eigenvalue weighted by molar-refractivity contribution is 6.29. The topological polar surface area (TPSA) is 76.9 Å². The lowest BCUT2D eigenvalue weighted by Crippen LogP contribution is -2.12. The Bertz CT molecular complexity index is 1570. The molecule has 0 spiro atoms. The summed E-state index contributed by atoms with van der Waals surface area (Å²) in [5, 5.41) is 8.38. The van der Waals surface area contributed by atoms with Crippen LogP contribution >= 0.6 is 11.6 Å². The van der Waals surface area contributed by atoms with Crippen LogP contribution in [0.5, 0.6) is 0 Å². The third-order valence-electron chi connectivity index (χ3n) is 5.44. The Kier molecular flexibility index (Phi) is 6.20. The zero-order chi connectivity index (χ0) is 24.2. The first kappa shape index (κ1) is 22.3. The van der Waals surface area contributed by atoms with E-state index >= 15 is 0 Å². The van der Waals surface area contributed by atoms with Crippen LogP contribution < -0.4 is 5.32 Å². The molecule has 6 nitrogen and oxygen atoms in total. The molecule has 0 aliphatic carbocycles. The first-order chi connectivity index (χ1) is 17.1. The summed E-state index contributed by atoms with van der Waals surface area (Å²) in [6, 6.07) is 25.3. The van der Waals surface area contributed by atoms with Crippen LogP contribution in [0.4, 0.5) is 5.69 Å². The summed E-state index contributed by atoms with van der Waals surface area (Å²) in [6.07, 6.45) is 7.06. The number of nitrogens with zero attached hydrogens (tertiary/aromatic N) is 3. The van der Waals surface area contributed by atoms with Crippen molar-refractivity contribution < 1.29 is 9.59 Å². The van der Waals surface area contributed by atoms with Crippen molar-refractivity contribution >= 4 is 52.2 Å². The van der Waals surface area contributed by atoms with Crippen LogP contribution in [0, 0.1) is 0 Å². The van der Waals surface area contributed by atoms with Crippen LogP contribution in [0.25, 0.3) is 23.2 Å². The number of hydrogen-bond acceptors (Lipinski definition) is 4. The third kappa shape index (κ3) is 5.03. The van der Waals surface area contributed by atoms with Crippen molar-refractivity contribution in [2.45, 2.75) is 0 Å². The van der Waals surface area contributed by atoms with E-state index in [1.165, 1.54) is 12.3 Å². The van der Waals surface area contributed by atoms with Gasteiger partial charge in [0.15, 0.2) is 5.78 Å². The lowest BCUT2D eigenvalue weighted by Gasteiger charge is -2.08. The van der Waals surface area contributed by atoms with E-state index in [-0.39, 0.29) is 16.8 Å². The van der Waals surface area contributed by atoms with Gasteiger partial charge in [-0.1, -0.05) is 66.2 Å². The van der Waals surface area contributed by atoms with Gasteiger partial charge in [-0.25, -0.2) is 9.67 Å². The minimum absolute atomic E-state index is 0.158. The molecule has 35 heavy (non-hydrogen) atoms. The van der Waals surface area contributed by atoms with E-state index in [4.69, 9.17) is 11.6 Å². The molecule has 2 heterocycles. The number of carbonyl (C=O) groups is 2. The summed E-state index contributed by atoms with van der Waals surface area (Å²) in [4.78, 5) is 29.7. The van der Waals surface area contributed by atoms with Gasteiger partial charge in [0.2, 0.25) is 0 Å². The molecule has 1 N–H and O–H groups in total. The van der Waals surface area contributed by atoms with Gasteiger partial charge in [-0.3, -0.25) is 9.59 Å². The molecule has 0 fully saturated rings. The number of fused-ring (bicyclic) bond motifs is 1. The predicted octanol–water partition coefficient (Wildman–Crippen LogP) is 6.20. The number of rotatable bonds is 6. The van der Waals surface area contributed by atoms with E-state index in [1.807, 2.05) is 54.7 Å². The van der Waals surface area contributed by atoms with Gasteiger partial charge in [0.25, 0.3) is 5.91 Å². The fourth-order valence-electron chi connectivity index (χ4n) is 3.67. The van der Waals surface area contributed by atoms with E-state index in [0.717, 1.165) is 16.5 Å². The average molecular weight is 479 g/mol. The first-order valence-corrected chi connectivity index (χ1v) is 11.2. The second-order valence-electron chi connectivity index (χ2n) is 7.82. The molecular weight excluding hydrogens is 460 g/mol. The summed E-state index contributed by atoms with van der Waals surface area (Å²) < 4.78 is 1.75. The highest BCUT2D eigenvalue weighted by atomic mass is 35.5. The smallest absolute Gasteiger partial charge is 0.255 e. The van der Waals surface area contributed by atoms with Crippen molar-refractivity contribution in [2.75, 3.05) is 5.32 Å². The summed E-state index contributed by atoms with van der Waals surface area (Å²) in [7, 11) is 0.